The van der Waals surface area contributed by atoms with Crippen LogP contribution in [-0.2, 0) is 7.05 Å². The maximum Gasteiger partial charge on any atom is 0.0698 e. The lowest BCUT2D eigenvalue weighted by molar-refractivity contribution is 0.657. The molecule has 1 aromatic heterocycles. The Labute approximate surface area is 124 Å². The molecular weight excluding hydrogens is 334 g/mol. The predicted molar refractivity (Wildman–Crippen MR) is 80.0 cm³/mol. The van der Waals surface area contributed by atoms with Crippen molar-refractivity contribution in [2.45, 2.75) is 10.9 Å². The third-order valence-electron chi connectivity index (χ3n) is 2.54. The number of halogens is 2. The van der Waals surface area contributed by atoms with Gasteiger partial charge in [0.25, 0.3) is 0 Å². The van der Waals surface area contributed by atoms with Crippen LogP contribution in [0.4, 0.5) is 0 Å². The van der Waals surface area contributed by atoms with Crippen molar-refractivity contribution < 1.29 is 0 Å². The first-order chi connectivity index (χ1) is 8.59. The van der Waals surface area contributed by atoms with Gasteiger partial charge in [-0.15, -0.1) is 11.8 Å². The van der Waals surface area contributed by atoms with Crippen molar-refractivity contribution in [3.05, 3.63) is 45.7 Å². The van der Waals surface area contributed by atoms with Gasteiger partial charge in [-0.3, -0.25) is 4.68 Å². The zero-order valence-corrected chi connectivity index (χ0v) is 13.0. The SMILES string of the molecule is Cn1ncc(Br)c1C(N)CSc1ccccc1Cl. The number of nitrogens with two attached hydrogens (primary N) is 1. The van der Waals surface area contributed by atoms with Crippen LogP contribution in [0.2, 0.25) is 5.02 Å². The first-order valence-corrected chi connectivity index (χ1v) is 7.55. The van der Waals surface area contributed by atoms with E-state index in [1.165, 1.54) is 0 Å². The highest BCUT2D eigenvalue weighted by Crippen LogP contribution is 2.31. The van der Waals surface area contributed by atoms with Crippen molar-refractivity contribution >= 4 is 39.3 Å². The second-order valence-corrected chi connectivity index (χ2v) is 6.17. The molecule has 18 heavy (non-hydrogen) atoms. The zero-order chi connectivity index (χ0) is 13.1. The summed E-state index contributed by atoms with van der Waals surface area (Å²) in [4.78, 5) is 1.05. The summed E-state index contributed by atoms with van der Waals surface area (Å²) < 4.78 is 2.74. The van der Waals surface area contributed by atoms with Crippen molar-refractivity contribution in [3.8, 4) is 0 Å². The molecule has 1 heterocycles. The van der Waals surface area contributed by atoms with E-state index in [0.29, 0.717) is 0 Å². The maximum atomic E-state index is 6.18. The zero-order valence-electron chi connectivity index (χ0n) is 9.81. The molecule has 0 saturated carbocycles. The van der Waals surface area contributed by atoms with Gasteiger partial charge in [0.2, 0.25) is 0 Å². The van der Waals surface area contributed by atoms with E-state index in [-0.39, 0.29) is 6.04 Å². The monoisotopic (exact) mass is 345 g/mol. The van der Waals surface area contributed by atoms with Crippen LogP contribution in [0.3, 0.4) is 0 Å². The van der Waals surface area contributed by atoms with Crippen LogP contribution >= 0.6 is 39.3 Å². The first kappa shape index (κ1) is 13.9. The summed E-state index contributed by atoms with van der Waals surface area (Å²) in [6.45, 7) is 0. The number of thioether (sulfide) groups is 1. The number of nitrogens with zero attached hydrogens (tertiary/aromatic N) is 2. The minimum absolute atomic E-state index is 0.0897. The Balaban J connectivity index is 2.05. The Morgan fingerprint density at radius 2 is 2.22 bits per heavy atom. The summed E-state index contributed by atoms with van der Waals surface area (Å²) in [6, 6.07) is 7.69. The average Bonchev–Trinajstić information content (AvgIpc) is 2.68. The summed E-state index contributed by atoms with van der Waals surface area (Å²) in [5.74, 6) is 0.752. The van der Waals surface area contributed by atoms with Crippen LogP contribution in [0.1, 0.15) is 11.7 Å². The number of aryl methyl sites for hydroxylation is 1. The molecule has 0 amide bonds. The van der Waals surface area contributed by atoms with E-state index in [0.717, 1.165) is 25.8 Å². The molecule has 0 saturated heterocycles. The summed E-state index contributed by atoms with van der Waals surface area (Å²) in [5.41, 5.74) is 7.18. The van der Waals surface area contributed by atoms with Gasteiger partial charge < -0.3 is 5.73 Å². The standard InChI is InChI=1S/C12H13BrClN3S/c1-17-12(8(13)6-16-17)10(15)7-18-11-5-3-2-4-9(11)14/h2-6,10H,7,15H2,1H3. The largest absolute Gasteiger partial charge is 0.322 e. The second kappa shape index (κ2) is 6.10. The fraction of sp³-hybridized carbons (Fsp3) is 0.250. The van der Waals surface area contributed by atoms with E-state index in [9.17, 15) is 0 Å². The summed E-state index contributed by atoms with van der Waals surface area (Å²) in [5, 5.41) is 4.93. The Hall–Kier alpha value is -0.490. The molecule has 3 nitrogen and oxygen atoms in total. The molecule has 0 spiro atoms. The first-order valence-electron chi connectivity index (χ1n) is 5.40. The molecule has 1 unspecified atom stereocenters. The van der Waals surface area contributed by atoms with E-state index in [1.54, 1.807) is 22.6 Å². The molecule has 0 fully saturated rings. The molecule has 0 aliphatic rings. The van der Waals surface area contributed by atoms with Crippen molar-refractivity contribution in [2.24, 2.45) is 12.8 Å². The van der Waals surface area contributed by atoms with Crippen LogP contribution in [0.25, 0.3) is 0 Å². The Morgan fingerprint density at radius 3 is 2.83 bits per heavy atom. The lowest BCUT2D eigenvalue weighted by Gasteiger charge is -2.13. The number of hydrogen-bond acceptors (Lipinski definition) is 3. The van der Waals surface area contributed by atoms with Gasteiger partial charge in [0, 0.05) is 17.7 Å². The van der Waals surface area contributed by atoms with Crippen molar-refractivity contribution in [1.29, 1.82) is 0 Å². The highest BCUT2D eigenvalue weighted by molar-refractivity contribution is 9.10. The molecular formula is C12H13BrClN3S. The van der Waals surface area contributed by atoms with Gasteiger partial charge in [-0.25, -0.2) is 0 Å². The molecule has 2 N–H and O–H groups in total. The predicted octanol–water partition coefficient (Wildman–Crippen LogP) is 3.63. The molecule has 0 radical (unpaired) electrons. The van der Waals surface area contributed by atoms with E-state index in [4.69, 9.17) is 17.3 Å². The summed E-state index contributed by atoms with van der Waals surface area (Å²) >= 11 is 11.2. The number of benzene rings is 1. The fourth-order valence-electron chi connectivity index (χ4n) is 1.66. The third kappa shape index (κ3) is 3.09. The average molecular weight is 347 g/mol. The minimum Gasteiger partial charge on any atom is -0.322 e. The Bertz CT molecular complexity index is 524. The van der Waals surface area contributed by atoms with E-state index in [1.807, 2.05) is 31.3 Å². The molecule has 2 rings (SSSR count). The van der Waals surface area contributed by atoms with Crippen LogP contribution in [0, 0.1) is 0 Å². The molecule has 0 aliphatic heterocycles. The van der Waals surface area contributed by atoms with Crippen LogP contribution in [-0.4, -0.2) is 15.5 Å². The minimum atomic E-state index is -0.0897. The molecule has 6 heteroatoms. The highest BCUT2D eigenvalue weighted by atomic mass is 79.9. The van der Waals surface area contributed by atoms with Gasteiger partial charge in [0.15, 0.2) is 0 Å². The maximum absolute atomic E-state index is 6.18. The van der Waals surface area contributed by atoms with Crippen LogP contribution in [0.15, 0.2) is 39.8 Å². The third-order valence-corrected chi connectivity index (χ3v) is 4.79. The van der Waals surface area contributed by atoms with Crippen molar-refractivity contribution in [3.63, 3.8) is 0 Å². The Morgan fingerprint density at radius 1 is 1.50 bits per heavy atom. The van der Waals surface area contributed by atoms with Gasteiger partial charge in [-0.05, 0) is 28.1 Å². The quantitative estimate of drug-likeness (QED) is 0.860. The Kier molecular flexibility index (Phi) is 4.72. The lowest BCUT2D eigenvalue weighted by atomic mass is 10.2. The lowest BCUT2D eigenvalue weighted by Crippen LogP contribution is -2.17. The van der Waals surface area contributed by atoms with Crippen LogP contribution in [0.5, 0.6) is 0 Å². The topological polar surface area (TPSA) is 43.8 Å². The van der Waals surface area contributed by atoms with Gasteiger partial charge in [-0.1, -0.05) is 23.7 Å². The van der Waals surface area contributed by atoms with E-state index < -0.39 is 0 Å². The molecule has 2 aromatic rings. The highest BCUT2D eigenvalue weighted by Gasteiger charge is 2.15. The van der Waals surface area contributed by atoms with Gasteiger partial charge in [0.1, 0.15) is 0 Å². The normalized spacial score (nSPS) is 12.7. The van der Waals surface area contributed by atoms with Gasteiger partial charge in [-0.2, -0.15) is 5.10 Å². The molecule has 0 bridgehead atoms. The second-order valence-electron chi connectivity index (χ2n) is 3.85. The summed E-state index contributed by atoms with van der Waals surface area (Å²) in [6.07, 6.45) is 1.76. The fourth-order valence-corrected chi connectivity index (χ4v) is 3.50. The van der Waals surface area contributed by atoms with Gasteiger partial charge in [0.05, 0.1) is 27.4 Å². The van der Waals surface area contributed by atoms with Crippen molar-refractivity contribution in [2.75, 3.05) is 5.75 Å². The van der Waals surface area contributed by atoms with Gasteiger partial charge >= 0.3 is 0 Å². The summed E-state index contributed by atoms with van der Waals surface area (Å²) in [7, 11) is 1.89. The van der Waals surface area contributed by atoms with Crippen LogP contribution < -0.4 is 5.73 Å². The molecule has 1 atom stereocenters. The molecule has 0 aliphatic carbocycles. The van der Waals surface area contributed by atoms with E-state index >= 15 is 0 Å². The number of aromatic nitrogens is 2. The molecule has 96 valence electrons. The number of hydrogen-bond donors (Lipinski definition) is 1. The van der Waals surface area contributed by atoms with Crippen molar-refractivity contribution in [1.82, 2.24) is 9.78 Å². The van der Waals surface area contributed by atoms with E-state index in [2.05, 4.69) is 21.0 Å². The smallest absolute Gasteiger partial charge is 0.0698 e. The number of rotatable bonds is 4. The molecule has 1 aromatic carbocycles.